The predicted octanol–water partition coefficient (Wildman–Crippen LogP) is 1.91. The summed E-state index contributed by atoms with van der Waals surface area (Å²) < 4.78 is 0. The smallest absolute Gasteiger partial charge is 0.339 e. The van der Waals surface area contributed by atoms with Gasteiger partial charge in [0.1, 0.15) is 11.3 Å². The summed E-state index contributed by atoms with van der Waals surface area (Å²) in [5.41, 5.74) is 0.524. The fourth-order valence-electron chi connectivity index (χ4n) is 1.51. The van der Waals surface area contributed by atoms with Gasteiger partial charge in [0.2, 0.25) is 0 Å². The first kappa shape index (κ1) is 12.6. The van der Waals surface area contributed by atoms with Gasteiger partial charge < -0.3 is 15.3 Å². The lowest BCUT2D eigenvalue weighted by Gasteiger charge is -2.08. The first-order chi connectivity index (χ1) is 9.08. The average molecular weight is 256 g/mol. The summed E-state index contributed by atoms with van der Waals surface area (Å²) in [6.07, 6.45) is 1.36. The van der Waals surface area contributed by atoms with Crippen LogP contribution < -0.4 is 5.11 Å². The number of rotatable bonds is 3. The Kier molecular flexibility index (Phi) is 3.47. The number of carboxylic acids is 1. The Morgan fingerprint density at radius 3 is 2.63 bits per heavy atom. The van der Waals surface area contributed by atoms with Crippen molar-refractivity contribution in [3.63, 3.8) is 0 Å². The van der Waals surface area contributed by atoms with E-state index in [1.807, 2.05) is 0 Å². The molecule has 5 nitrogen and oxygen atoms in total. The highest BCUT2D eigenvalue weighted by Gasteiger charge is 2.09. The minimum absolute atomic E-state index is 0.163. The Morgan fingerprint density at radius 2 is 1.95 bits per heavy atom. The molecular weight excluding hydrogens is 246 g/mol. The van der Waals surface area contributed by atoms with Gasteiger partial charge in [-0.05, 0) is 23.8 Å². The number of nitrogens with zero attached hydrogens (tertiary/aromatic N) is 1. The van der Waals surface area contributed by atoms with E-state index in [2.05, 4.69) is 4.99 Å². The zero-order valence-corrected chi connectivity index (χ0v) is 9.78. The van der Waals surface area contributed by atoms with Crippen LogP contribution in [-0.2, 0) is 0 Å². The van der Waals surface area contributed by atoms with Crippen molar-refractivity contribution in [2.75, 3.05) is 0 Å². The average Bonchev–Trinajstić information content (AvgIpc) is 2.39. The second-order valence-corrected chi connectivity index (χ2v) is 3.80. The third kappa shape index (κ3) is 2.90. The fraction of sp³-hybridized carbons (Fsp3) is 0. The van der Waals surface area contributed by atoms with E-state index in [1.54, 1.807) is 18.2 Å². The molecule has 2 rings (SSSR count). The first-order valence-electron chi connectivity index (χ1n) is 5.44. The number of hydrogen-bond acceptors (Lipinski definition) is 4. The molecule has 0 aliphatic carbocycles. The zero-order chi connectivity index (χ0) is 13.8. The van der Waals surface area contributed by atoms with Gasteiger partial charge in [-0.1, -0.05) is 24.3 Å². The zero-order valence-electron chi connectivity index (χ0n) is 9.78. The first-order valence-corrected chi connectivity index (χ1v) is 5.44. The predicted molar refractivity (Wildman–Crippen MR) is 68.2 cm³/mol. The van der Waals surface area contributed by atoms with E-state index in [-0.39, 0.29) is 17.1 Å². The number of aromatic carboxylic acids is 1. The molecule has 0 spiro atoms. The maximum absolute atomic E-state index is 11.4. The number of carbonyl (C=O) groups is 1. The Bertz CT molecular complexity index is 650. The molecule has 0 heterocycles. The normalized spacial score (nSPS) is 10.7. The minimum atomic E-state index is -1.24. The molecule has 19 heavy (non-hydrogen) atoms. The highest BCUT2D eigenvalue weighted by Crippen LogP contribution is 2.23. The number of benzene rings is 2. The summed E-state index contributed by atoms with van der Waals surface area (Å²) >= 11 is 0. The van der Waals surface area contributed by atoms with Crippen LogP contribution in [0.25, 0.3) is 0 Å². The van der Waals surface area contributed by atoms with Crippen LogP contribution in [0, 0.1) is 0 Å². The molecule has 0 atom stereocenters. The van der Waals surface area contributed by atoms with Crippen LogP contribution in [-0.4, -0.2) is 22.4 Å². The van der Waals surface area contributed by atoms with E-state index in [4.69, 9.17) is 5.11 Å². The lowest BCUT2D eigenvalue weighted by Crippen LogP contribution is -1.96. The monoisotopic (exact) mass is 256 g/mol. The number of carboxylic acid groups (broad SMARTS) is 1. The SMILES string of the molecule is O=C(O)c1cc(N=Cc2ccccc2[O-])ccc1O. The fourth-order valence-corrected chi connectivity index (χ4v) is 1.51. The number of para-hydroxylation sites is 1. The quantitative estimate of drug-likeness (QED) is 0.820. The third-order valence-corrected chi connectivity index (χ3v) is 2.48. The maximum Gasteiger partial charge on any atom is 0.339 e. The number of hydrogen-bond donors (Lipinski definition) is 2. The topological polar surface area (TPSA) is 93.0 Å². The van der Waals surface area contributed by atoms with E-state index >= 15 is 0 Å². The van der Waals surface area contributed by atoms with Crippen molar-refractivity contribution >= 4 is 17.9 Å². The van der Waals surface area contributed by atoms with Crippen LogP contribution in [0.1, 0.15) is 15.9 Å². The molecule has 0 aromatic heterocycles. The molecule has 0 fully saturated rings. The van der Waals surface area contributed by atoms with Gasteiger partial charge >= 0.3 is 5.97 Å². The van der Waals surface area contributed by atoms with Crippen LogP contribution in [0.15, 0.2) is 47.5 Å². The van der Waals surface area contributed by atoms with Crippen LogP contribution in [0.3, 0.4) is 0 Å². The Morgan fingerprint density at radius 1 is 1.21 bits per heavy atom. The van der Waals surface area contributed by atoms with Crippen LogP contribution in [0.2, 0.25) is 0 Å². The summed E-state index contributed by atoms with van der Waals surface area (Å²) in [5, 5.41) is 29.7. The number of aliphatic imine (C=N–C) groups is 1. The molecule has 0 bridgehead atoms. The number of aromatic hydroxyl groups is 1. The molecule has 0 saturated carbocycles. The van der Waals surface area contributed by atoms with E-state index in [0.29, 0.717) is 11.3 Å². The van der Waals surface area contributed by atoms with Gasteiger partial charge in [-0.2, -0.15) is 0 Å². The van der Waals surface area contributed by atoms with Crippen molar-refractivity contribution < 1.29 is 20.1 Å². The molecule has 0 amide bonds. The second-order valence-electron chi connectivity index (χ2n) is 3.80. The van der Waals surface area contributed by atoms with Crippen LogP contribution >= 0.6 is 0 Å². The van der Waals surface area contributed by atoms with Crippen molar-refractivity contribution in [2.24, 2.45) is 4.99 Å². The van der Waals surface area contributed by atoms with Gasteiger partial charge in [-0.25, -0.2) is 4.79 Å². The van der Waals surface area contributed by atoms with Crippen molar-refractivity contribution in [3.8, 4) is 11.5 Å². The number of phenols is 1. The summed E-state index contributed by atoms with van der Waals surface area (Å²) in [4.78, 5) is 14.9. The molecular formula is C14H10NO4-. The van der Waals surface area contributed by atoms with Gasteiger partial charge in [-0.15, -0.1) is 5.75 Å². The van der Waals surface area contributed by atoms with Crippen LogP contribution in [0.5, 0.6) is 11.5 Å². The summed E-state index contributed by atoms with van der Waals surface area (Å²) in [6, 6.07) is 10.3. The summed E-state index contributed by atoms with van der Waals surface area (Å²) in [7, 11) is 0. The van der Waals surface area contributed by atoms with Gasteiger partial charge in [0.15, 0.2) is 0 Å². The van der Waals surface area contributed by atoms with Crippen molar-refractivity contribution in [3.05, 3.63) is 53.6 Å². The van der Waals surface area contributed by atoms with E-state index in [0.717, 1.165) is 0 Å². The standard InChI is InChI=1S/C14H11NO4/c16-12-4-2-1-3-9(12)8-15-10-5-6-13(17)11(7-10)14(18)19/h1-8,16-17H,(H,18,19)/p-1. The lowest BCUT2D eigenvalue weighted by atomic mass is 10.2. The van der Waals surface area contributed by atoms with Crippen molar-refractivity contribution in [1.29, 1.82) is 0 Å². The summed E-state index contributed by atoms with van der Waals surface area (Å²) in [6.45, 7) is 0. The summed E-state index contributed by atoms with van der Waals surface area (Å²) in [5.74, 6) is -1.72. The van der Waals surface area contributed by atoms with Gasteiger partial charge in [0, 0.05) is 6.21 Å². The Labute approximate surface area is 109 Å². The maximum atomic E-state index is 11.4. The van der Waals surface area contributed by atoms with Crippen molar-refractivity contribution in [1.82, 2.24) is 0 Å². The van der Waals surface area contributed by atoms with Gasteiger partial charge in [-0.3, -0.25) is 4.99 Å². The van der Waals surface area contributed by atoms with Gasteiger partial charge in [0.25, 0.3) is 0 Å². The highest BCUT2D eigenvalue weighted by molar-refractivity contribution is 5.92. The Balaban J connectivity index is 2.32. The minimum Gasteiger partial charge on any atom is -0.872 e. The van der Waals surface area contributed by atoms with E-state index < -0.39 is 5.97 Å². The molecule has 0 radical (unpaired) electrons. The molecule has 2 aromatic rings. The van der Waals surface area contributed by atoms with Crippen molar-refractivity contribution in [2.45, 2.75) is 0 Å². The molecule has 0 aliphatic heterocycles. The van der Waals surface area contributed by atoms with E-state index in [9.17, 15) is 15.0 Å². The molecule has 0 unspecified atom stereocenters. The van der Waals surface area contributed by atoms with Crippen LogP contribution in [0.4, 0.5) is 5.69 Å². The second kappa shape index (κ2) is 5.22. The lowest BCUT2D eigenvalue weighted by molar-refractivity contribution is -0.268. The molecule has 5 heteroatoms. The molecule has 2 N–H and O–H groups in total. The Hall–Kier alpha value is -2.82. The highest BCUT2D eigenvalue weighted by atomic mass is 16.4. The molecule has 0 saturated heterocycles. The van der Waals surface area contributed by atoms with E-state index in [1.165, 1.54) is 30.5 Å². The van der Waals surface area contributed by atoms with Gasteiger partial charge in [0.05, 0.1) is 5.69 Å². The molecule has 0 aliphatic rings. The largest absolute Gasteiger partial charge is 0.872 e. The molecule has 2 aromatic carbocycles. The molecule has 96 valence electrons. The third-order valence-electron chi connectivity index (χ3n) is 2.48.